The van der Waals surface area contributed by atoms with Crippen LogP contribution in [-0.2, 0) is 0 Å². The van der Waals surface area contributed by atoms with Gasteiger partial charge in [0.1, 0.15) is 11.8 Å². The Kier molecular flexibility index (Phi) is 3.82. The third-order valence-corrected chi connectivity index (χ3v) is 3.52. The van der Waals surface area contributed by atoms with E-state index < -0.39 is 12.1 Å². The maximum absolute atomic E-state index is 12.5. The lowest BCUT2D eigenvalue weighted by atomic mass is 9.85. The molecular weight excluding hydrogens is 261 g/mol. The molecule has 0 aliphatic heterocycles. The third-order valence-electron chi connectivity index (χ3n) is 3.52. The molecule has 1 heterocycles. The van der Waals surface area contributed by atoms with Crippen molar-refractivity contribution in [3.63, 3.8) is 0 Å². The van der Waals surface area contributed by atoms with Crippen LogP contribution in [0.4, 0.5) is 13.2 Å². The van der Waals surface area contributed by atoms with Crippen molar-refractivity contribution in [1.82, 2.24) is 10.5 Å². The average Bonchev–Trinajstić information content (AvgIpc) is 2.75. The van der Waals surface area contributed by atoms with E-state index in [0.717, 1.165) is 0 Å². The van der Waals surface area contributed by atoms with Crippen molar-refractivity contribution in [3.05, 3.63) is 17.5 Å². The summed E-state index contributed by atoms with van der Waals surface area (Å²) >= 11 is 0. The molecule has 1 fully saturated rings. The molecule has 1 aliphatic carbocycles. The Balaban J connectivity index is 1.86. The van der Waals surface area contributed by atoms with Gasteiger partial charge in [0.15, 0.2) is 0 Å². The zero-order chi connectivity index (χ0) is 14.0. The molecule has 1 aromatic heterocycles. The van der Waals surface area contributed by atoms with Crippen LogP contribution in [0.1, 0.15) is 41.7 Å². The lowest BCUT2D eigenvalue weighted by molar-refractivity contribution is -0.182. The van der Waals surface area contributed by atoms with E-state index in [2.05, 4.69) is 15.0 Å². The molecule has 7 heteroatoms. The molecule has 1 aromatic rings. The van der Waals surface area contributed by atoms with Crippen LogP contribution in [0.25, 0.3) is 0 Å². The van der Waals surface area contributed by atoms with Gasteiger partial charge in [-0.05, 0) is 32.6 Å². The first-order valence-corrected chi connectivity index (χ1v) is 6.16. The van der Waals surface area contributed by atoms with Crippen LogP contribution < -0.4 is 5.32 Å². The minimum Gasteiger partial charge on any atom is -0.364 e. The SMILES string of the molecule is Cc1nocc1C(=O)NC1CCC(C(F)(F)F)CC1. The first kappa shape index (κ1) is 13.9. The number of aryl methyl sites for hydroxylation is 1. The van der Waals surface area contributed by atoms with E-state index in [1.165, 1.54) is 6.26 Å². The number of aromatic nitrogens is 1. The normalized spacial score (nSPS) is 24.2. The number of nitrogens with zero attached hydrogens (tertiary/aromatic N) is 1. The first-order chi connectivity index (χ1) is 8.88. The maximum Gasteiger partial charge on any atom is 0.391 e. The molecule has 0 spiro atoms. The summed E-state index contributed by atoms with van der Waals surface area (Å²) in [5.41, 5.74) is 0.805. The Hall–Kier alpha value is -1.53. The highest BCUT2D eigenvalue weighted by Crippen LogP contribution is 2.37. The van der Waals surface area contributed by atoms with E-state index in [4.69, 9.17) is 0 Å². The van der Waals surface area contributed by atoms with Gasteiger partial charge in [0.25, 0.3) is 5.91 Å². The molecule has 0 bridgehead atoms. The van der Waals surface area contributed by atoms with Gasteiger partial charge >= 0.3 is 6.18 Å². The van der Waals surface area contributed by atoms with Crippen LogP contribution in [0.5, 0.6) is 0 Å². The van der Waals surface area contributed by atoms with E-state index in [0.29, 0.717) is 24.1 Å². The Bertz CT molecular complexity index is 448. The highest BCUT2D eigenvalue weighted by Gasteiger charge is 2.41. The van der Waals surface area contributed by atoms with Crippen LogP contribution in [-0.4, -0.2) is 23.3 Å². The van der Waals surface area contributed by atoms with Crippen LogP contribution in [0.15, 0.2) is 10.8 Å². The van der Waals surface area contributed by atoms with Gasteiger partial charge in [-0.15, -0.1) is 0 Å². The fourth-order valence-electron chi connectivity index (χ4n) is 2.34. The molecule has 0 aromatic carbocycles. The molecule has 1 N–H and O–H groups in total. The number of carbonyl (C=O) groups is 1. The Labute approximate surface area is 108 Å². The lowest BCUT2D eigenvalue weighted by Gasteiger charge is -2.30. The molecule has 0 saturated heterocycles. The van der Waals surface area contributed by atoms with Crippen LogP contribution in [0.2, 0.25) is 0 Å². The van der Waals surface area contributed by atoms with E-state index in [9.17, 15) is 18.0 Å². The molecule has 106 valence electrons. The van der Waals surface area contributed by atoms with Crippen molar-refractivity contribution in [1.29, 1.82) is 0 Å². The number of halogens is 3. The largest absolute Gasteiger partial charge is 0.391 e. The van der Waals surface area contributed by atoms with Gasteiger partial charge in [0.2, 0.25) is 0 Å². The smallest absolute Gasteiger partial charge is 0.364 e. The average molecular weight is 276 g/mol. The minimum absolute atomic E-state index is 0.0665. The number of carbonyl (C=O) groups excluding carboxylic acids is 1. The molecule has 0 atom stereocenters. The maximum atomic E-state index is 12.5. The Morgan fingerprint density at radius 2 is 2.00 bits per heavy atom. The van der Waals surface area contributed by atoms with Gasteiger partial charge in [-0.3, -0.25) is 4.79 Å². The number of alkyl halides is 3. The van der Waals surface area contributed by atoms with Crippen molar-refractivity contribution in [3.8, 4) is 0 Å². The van der Waals surface area contributed by atoms with Gasteiger partial charge in [0, 0.05) is 6.04 Å². The standard InChI is InChI=1S/C12H15F3N2O2/c1-7-10(6-19-17-7)11(18)16-9-4-2-8(3-5-9)12(13,14)15/h6,8-9H,2-5H2,1H3,(H,16,18). The molecular formula is C12H15F3N2O2. The summed E-state index contributed by atoms with van der Waals surface area (Å²) in [5.74, 6) is -1.58. The van der Waals surface area contributed by atoms with E-state index in [1.54, 1.807) is 6.92 Å². The summed E-state index contributed by atoms with van der Waals surface area (Å²) in [4.78, 5) is 11.8. The molecule has 4 nitrogen and oxygen atoms in total. The number of rotatable bonds is 2. The summed E-state index contributed by atoms with van der Waals surface area (Å²) in [5, 5.41) is 6.32. The van der Waals surface area contributed by atoms with Gasteiger partial charge in [0.05, 0.1) is 11.6 Å². The van der Waals surface area contributed by atoms with Crippen molar-refractivity contribution < 1.29 is 22.5 Å². The van der Waals surface area contributed by atoms with Crippen molar-refractivity contribution in [2.75, 3.05) is 0 Å². The van der Waals surface area contributed by atoms with Gasteiger partial charge in [-0.25, -0.2) is 0 Å². The molecule has 0 unspecified atom stereocenters. The molecule has 0 radical (unpaired) electrons. The predicted molar refractivity (Wildman–Crippen MR) is 60.5 cm³/mol. The number of hydrogen-bond acceptors (Lipinski definition) is 3. The van der Waals surface area contributed by atoms with Crippen LogP contribution in [0.3, 0.4) is 0 Å². The monoisotopic (exact) mass is 276 g/mol. The highest BCUT2D eigenvalue weighted by atomic mass is 19.4. The number of amides is 1. The van der Waals surface area contributed by atoms with Gasteiger partial charge in [-0.2, -0.15) is 13.2 Å². The van der Waals surface area contributed by atoms with Crippen molar-refractivity contribution in [2.45, 2.75) is 44.8 Å². The highest BCUT2D eigenvalue weighted by molar-refractivity contribution is 5.94. The van der Waals surface area contributed by atoms with E-state index in [1.807, 2.05) is 0 Å². The van der Waals surface area contributed by atoms with Gasteiger partial charge < -0.3 is 9.84 Å². The molecule has 19 heavy (non-hydrogen) atoms. The first-order valence-electron chi connectivity index (χ1n) is 6.16. The second-order valence-corrected chi connectivity index (χ2v) is 4.88. The molecule has 1 saturated carbocycles. The molecule has 1 aliphatic rings. The van der Waals surface area contributed by atoms with Crippen LogP contribution in [0, 0.1) is 12.8 Å². The summed E-state index contributed by atoms with van der Waals surface area (Å²) in [7, 11) is 0. The zero-order valence-electron chi connectivity index (χ0n) is 10.5. The quantitative estimate of drug-likeness (QED) is 0.903. The lowest BCUT2D eigenvalue weighted by Crippen LogP contribution is -2.40. The van der Waals surface area contributed by atoms with Crippen molar-refractivity contribution >= 4 is 5.91 Å². The van der Waals surface area contributed by atoms with E-state index in [-0.39, 0.29) is 24.8 Å². The number of nitrogens with one attached hydrogen (secondary N) is 1. The van der Waals surface area contributed by atoms with Crippen LogP contribution >= 0.6 is 0 Å². The zero-order valence-corrected chi connectivity index (χ0v) is 10.5. The summed E-state index contributed by atoms with van der Waals surface area (Å²) in [6.45, 7) is 1.64. The van der Waals surface area contributed by atoms with Gasteiger partial charge in [-0.1, -0.05) is 5.16 Å². The molecule has 1 amide bonds. The Morgan fingerprint density at radius 3 is 2.47 bits per heavy atom. The molecule has 2 rings (SSSR count). The minimum atomic E-state index is -4.12. The summed E-state index contributed by atoms with van der Waals surface area (Å²) in [6.07, 6.45) is -2.05. The van der Waals surface area contributed by atoms with Crippen molar-refractivity contribution in [2.24, 2.45) is 5.92 Å². The fourth-order valence-corrected chi connectivity index (χ4v) is 2.34. The topological polar surface area (TPSA) is 55.1 Å². The number of hydrogen-bond donors (Lipinski definition) is 1. The predicted octanol–water partition coefficient (Wildman–Crippen LogP) is 2.83. The second kappa shape index (κ2) is 5.22. The second-order valence-electron chi connectivity index (χ2n) is 4.88. The van der Waals surface area contributed by atoms with E-state index >= 15 is 0 Å². The fraction of sp³-hybridized carbons (Fsp3) is 0.667. The summed E-state index contributed by atoms with van der Waals surface area (Å²) in [6, 6.07) is -0.208. The third kappa shape index (κ3) is 3.27. The summed E-state index contributed by atoms with van der Waals surface area (Å²) < 4.78 is 42.2. The Morgan fingerprint density at radius 1 is 1.37 bits per heavy atom.